The molecule has 1 aliphatic heterocycles. The standard InChI is InChI=1S/C20H21FN6O3S/c1-13(28)23-8-16-10-27(20(29)30-16)15-3-4-18(17(21)7-15)26-9-14(24-12-26)11-31-19-22-5-6-25(19)2/h3-7,9,12,16H,8,10-11H2,1-2H3,(H,23,28). The van der Waals surface area contributed by atoms with Crippen LogP contribution < -0.4 is 10.2 Å². The van der Waals surface area contributed by atoms with Crippen LogP contribution in [0.3, 0.4) is 0 Å². The first-order valence-corrected chi connectivity index (χ1v) is 10.5. The molecule has 0 saturated carbocycles. The lowest BCUT2D eigenvalue weighted by molar-refractivity contribution is -0.119. The van der Waals surface area contributed by atoms with E-state index in [4.69, 9.17) is 4.74 Å². The average molecular weight is 444 g/mol. The average Bonchev–Trinajstić information content (AvgIpc) is 3.45. The summed E-state index contributed by atoms with van der Waals surface area (Å²) in [6, 6.07) is 4.54. The number of carbonyl (C=O) groups is 2. The van der Waals surface area contributed by atoms with E-state index in [1.807, 2.05) is 17.8 Å². The lowest BCUT2D eigenvalue weighted by atomic mass is 10.2. The van der Waals surface area contributed by atoms with Crippen molar-refractivity contribution in [3.05, 3.63) is 54.6 Å². The molecule has 1 aromatic carbocycles. The summed E-state index contributed by atoms with van der Waals surface area (Å²) in [5.41, 5.74) is 1.51. The largest absolute Gasteiger partial charge is 0.442 e. The molecule has 1 atom stereocenters. The summed E-state index contributed by atoms with van der Waals surface area (Å²) < 4.78 is 23.6. The predicted octanol–water partition coefficient (Wildman–Crippen LogP) is 2.50. The summed E-state index contributed by atoms with van der Waals surface area (Å²) >= 11 is 1.54. The van der Waals surface area contributed by atoms with E-state index >= 15 is 0 Å². The first-order chi connectivity index (χ1) is 14.9. The second kappa shape index (κ2) is 8.80. The van der Waals surface area contributed by atoms with E-state index in [1.165, 1.54) is 17.9 Å². The number of hydrogen-bond acceptors (Lipinski definition) is 6. The van der Waals surface area contributed by atoms with Crippen LogP contribution in [0.2, 0.25) is 0 Å². The Morgan fingerprint density at radius 1 is 1.39 bits per heavy atom. The maximum atomic E-state index is 14.8. The third kappa shape index (κ3) is 4.71. The molecule has 4 rings (SSSR count). The summed E-state index contributed by atoms with van der Waals surface area (Å²) in [7, 11) is 1.92. The van der Waals surface area contributed by atoms with Gasteiger partial charge >= 0.3 is 6.09 Å². The normalized spacial score (nSPS) is 15.9. The van der Waals surface area contributed by atoms with Gasteiger partial charge in [-0.2, -0.15) is 0 Å². The minimum absolute atomic E-state index is 0.206. The molecule has 1 fully saturated rings. The van der Waals surface area contributed by atoms with Crippen LogP contribution in [0.4, 0.5) is 14.9 Å². The maximum Gasteiger partial charge on any atom is 0.414 e. The zero-order chi connectivity index (χ0) is 22.0. The number of nitrogens with zero attached hydrogens (tertiary/aromatic N) is 5. The minimum atomic E-state index is -0.571. The van der Waals surface area contributed by atoms with Gasteiger partial charge in [0.1, 0.15) is 11.9 Å². The molecular formula is C20H21FN6O3S. The number of amides is 2. The number of carbonyl (C=O) groups excluding carboxylic acids is 2. The van der Waals surface area contributed by atoms with Gasteiger partial charge in [-0.05, 0) is 18.2 Å². The Morgan fingerprint density at radius 3 is 2.94 bits per heavy atom. The lowest BCUT2D eigenvalue weighted by Crippen LogP contribution is -2.33. The number of aryl methyl sites for hydroxylation is 1. The number of hydrogen-bond donors (Lipinski definition) is 1. The summed E-state index contributed by atoms with van der Waals surface area (Å²) in [4.78, 5) is 33.1. The molecule has 31 heavy (non-hydrogen) atoms. The molecule has 11 heteroatoms. The van der Waals surface area contributed by atoms with Crippen LogP contribution >= 0.6 is 11.8 Å². The fourth-order valence-electron chi connectivity index (χ4n) is 3.17. The van der Waals surface area contributed by atoms with Crippen molar-refractivity contribution in [2.24, 2.45) is 7.05 Å². The summed E-state index contributed by atoms with van der Waals surface area (Å²) in [5.74, 6) is -0.0911. The minimum Gasteiger partial charge on any atom is -0.442 e. The van der Waals surface area contributed by atoms with Crippen molar-refractivity contribution in [2.75, 3.05) is 18.0 Å². The molecule has 1 saturated heterocycles. The predicted molar refractivity (Wildman–Crippen MR) is 113 cm³/mol. The van der Waals surface area contributed by atoms with Crippen LogP contribution in [0.15, 0.2) is 48.3 Å². The highest BCUT2D eigenvalue weighted by Gasteiger charge is 2.32. The van der Waals surface area contributed by atoms with Crippen molar-refractivity contribution in [2.45, 2.75) is 23.9 Å². The molecule has 1 aliphatic rings. The van der Waals surface area contributed by atoms with Crippen LogP contribution in [0, 0.1) is 5.82 Å². The molecule has 0 radical (unpaired) electrons. The SMILES string of the molecule is CC(=O)NCC1CN(c2ccc(-n3cnc(CSc4nccn4C)c3)c(F)c2)C(=O)O1. The fraction of sp³-hybridized carbons (Fsp3) is 0.300. The van der Waals surface area contributed by atoms with Gasteiger partial charge in [0.25, 0.3) is 0 Å². The second-order valence-corrected chi connectivity index (χ2v) is 8.01. The number of thioether (sulfide) groups is 1. The van der Waals surface area contributed by atoms with Crippen LogP contribution in [0.1, 0.15) is 12.6 Å². The van der Waals surface area contributed by atoms with Gasteiger partial charge in [-0.3, -0.25) is 9.69 Å². The van der Waals surface area contributed by atoms with Crippen LogP contribution in [-0.4, -0.2) is 50.3 Å². The van der Waals surface area contributed by atoms with Crippen molar-refractivity contribution in [1.82, 2.24) is 24.4 Å². The number of ether oxygens (including phenoxy) is 1. The van der Waals surface area contributed by atoms with E-state index in [-0.39, 0.29) is 19.0 Å². The zero-order valence-corrected chi connectivity index (χ0v) is 17.8. The van der Waals surface area contributed by atoms with E-state index in [1.54, 1.807) is 47.2 Å². The molecule has 3 aromatic rings. The number of cyclic esters (lactones) is 1. The molecule has 2 aromatic heterocycles. The summed E-state index contributed by atoms with van der Waals surface area (Å²) in [6.45, 7) is 1.84. The van der Waals surface area contributed by atoms with Crippen LogP contribution in [0.5, 0.6) is 0 Å². The van der Waals surface area contributed by atoms with Crippen molar-refractivity contribution in [1.29, 1.82) is 0 Å². The Kier molecular flexibility index (Phi) is 5.94. The Balaban J connectivity index is 1.43. The molecule has 1 unspecified atom stereocenters. The number of anilines is 1. The first kappa shape index (κ1) is 20.9. The second-order valence-electron chi connectivity index (χ2n) is 7.07. The smallest absolute Gasteiger partial charge is 0.414 e. The van der Waals surface area contributed by atoms with E-state index < -0.39 is 18.0 Å². The van der Waals surface area contributed by atoms with Crippen LogP contribution in [0.25, 0.3) is 5.69 Å². The molecule has 162 valence electrons. The molecule has 0 spiro atoms. The molecule has 0 aliphatic carbocycles. The first-order valence-electron chi connectivity index (χ1n) is 9.56. The van der Waals surface area contributed by atoms with Gasteiger partial charge in [0.15, 0.2) is 5.16 Å². The molecule has 1 N–H and O–H groups in total. The third-order valence-corrected chi connectivity index (χ3v) is 5.83. The van der Waals surface area contributed by atoms with Gasteiger partial charge in [0, 0.05) is 38.3 Å². The molecule has 2 amide bonds. The summed E-state index contributed by atoms with van der Waals surface area (Å²) in [6.07, 6.45) is 5.87. The molecule has 0 bridgehead atoms. The number of nitrogens with one attached hydrogen (secondary N) is 1. The van der Waals surface area contributed by atoms with Crippen LogP contribution in [-0.2, 0) is 22.3 Å². The number of imidazole rings is 2. The van der Waals surface area contributed by atoms with Gasteiger partial charge in [-0.15, -0.1) is 0 Å². The highest BCUT2D eigenvalue weighted by atomic mass is 32.2. The lowest BCUT2D eigenvalue weighted by Gasteiger charge is -2.14. The Labute approximate surface area is 182 Å². The van der Waals surface area contributed by atoms with E-state index in [9.17, 15) is 14.0 Å². The summed E-state index contributed by atoms with van der Waals surface area (Å²) in [5, 5.41) is 3.49. The maximum absolute atomic E-state index is 14.8. The molecule has 3 heterocycles. The van der Waals surface area contributed by atoms with Crippen molar-refractivity contribution >= 4 is 29.4 Å². The zero-order valence-electron chi connectivity index (χ0n) is 17.0. The fourth-order valence-corrected chi connectivity index (χ4v) is 3.99. The number of halogens is 1. The molecular weight excluding hydrogens is 423 g/mol. The monoisotopic (exact) mass is 444 g/mol. The van der Waals surface area contributed by atoms with E-state index in [0.29, 0.717) is 17.1 Å². The third-order valence-electron chi connectivity index (χ3n) is 4.74. The quantitative estimate of drug-likeness (QED) is 0.563. The number of rotatable bonds is 7. The number of benzene rings is 1. The molecule has 9 nitrogen and oxygen atoms in total. The van der Waals surface area contributed by atoms with E-state index in [0.717, 1.165) is 10.9 Å². The number of aromatic nitrogens is 4. The Bertz CT molecular complexity index is 1110. The van der Waals surface area contributed by atoms with Gasteiger partial charge in [-0.25, -0.2) is 19.2 Å². The van der Waals surface area contributed by atoms with Gasteiger partial charge in [0.2, 0.25) is 5.91 Å². The van der Waals surface area contributed by atoms with Crippen molar-refractivity contribution in [3.8, 4) is 5.69 Å². The van der Waals surface area contributed by atoms with Crippen molar-refractivity contribution in [3.63, 3.8) is 0 Å². The van der Waals surface area contributed by atoms with E-state index in [2.05, 4.69) is 15.3 Å². The van der Waals surface area contributed by atoms with Gasteiger partial charge in [0.05, 0.1) is 36.5 Å². The topological polar surface area (TPSA) is 94.3 Å². The van der Waals surface area contributed by atoms with Gasteiger partial charge in [-0.1, -0.05) is 11.8 Å². The van der Waals surface area contributed by atoms with Gasteiger partial charge < -0.3 is 19.2 Å². The highest BCUT2D eigenvalue weighted by molar-refractivity contribution is 7.98. The Hall–Kier alpha value is -3.34. The van der Waals surface area contributed by atoms with Crippen molar-refractivity contribution < 1.29 is 18.7 Å². The highest BCUT2D eigenvalue weighted by Crippen LogP contribution is 2.26. The Morgan fingerprint density at radius 2 is 2.23 bits per heavy atom.